The van der Waals surface area contributed by atoms with Gasteiger partial charge in [0.1, 0.15) is 5.54 Å². The fourth-order valence-electron chi connectivity index (χ4n) is 3.45. The Kier molecular flexibility index (Phi) is 5.08. The molecule has 2 N–H and O–H groups in total. The molecule has 4 heteroatoms. The Morgan fingerprint density at radius 1 is 1.25 bits per heavy atom. The van der Waals surface area contributed by atoms with E-state index >= 15 is 0 Å². The number of rotatable bonds is 7. The van der Waals surface area contributed by atoms with Crippen LogP contribution in [0, 0.1) is 0 Å². The summed E-state index contributed by atoms with van der Waals surface area (Å²) in [5.41, 5.74) is -0.747. The molecule has 2 rings (SSSR count). The van der Waals surface area contributed by atoms with Gasteiger partial charge in [0.05, 0.1) is 0 Å². The lowest BCUT2D eigenvalue weighted by Gasteiger charge is -2.39. The first kappa shape index (κ1) is 15.8. The van der Waals surface area contributed by atoms with Crippen molar-refractivity contribution < 1.29 is 9.90 Å². The second-order valence-electron chi connectivity index (χ2n) is 7.03. The van der Waals surface area contributed by atoms with E-state index in [4.69, 9.17) is 0 Å². The Labute approximate surface area is 122 Å². The van der Waals surface area contributed by atoms with Crippen molar-refractivity contribution in [2.45, 2.75) is 89.4 Å². The number of carboxylic acid groups (broad SMARTS) is 1. The van der Waals surface area contributed by atoms with Gasteiger partial charge in [-0.1, -0.05) is 6.42 Å². The van der Waals surface area contributed by atoms with E-state index in [-0.39, 0.29) is 0 Å². The number of hydrogen-bond donors (Lipinski definition) is 2. The van der Waals surface area contributed by atoms with Gasteiger partial charge in [0.25, 0.3) is 0 Å². The van der Waals surface area contributed by atoms with Crippen LogP contribution >= 0.6 is 0 Å². The number of aliphatic carboxylic acids is 1. The van der Waals surface area contributed by atoms with Gasteiger partial charge >= 0.3 is 5.97 Å². The van der Waals surface area contributed by atoms with Gasteiger partial charge in [-0.3, -0.25) is 15.0 Å². The summed E-state index contributed by atoms with van der Waals surface area (Å²) >= 11 is 0. The lowest BCUT2D eigenvalue weighted by Crippen LogP contribution is -2.51. The second-order valence-corrected chi connectivity index (χ2v) is 7.03. The van der Waals surface area contributed by atoms with E-state index in [0.717, 1.165) is 32.2 Å². The van der Waals surface area contributed by atoms with Crippen LogP contribution in [0.25, 0.3) is 0 Å². The molecule has 1 aliphatic heterocycles. The summed E-state index contributed by atoms with van der Waals surface area (Å²) in [7, 11) is 0. The first-order valence-corrected chi connectivity index (χ1v) is 8.19. The van der Waals surface area contributed by atoms with Gasteiger partial charge < -0.3 is 5.11 Å². The number of likely N-dealkylation sites (tertiary alicyclic amines) is 1. The Hall–Kier alpha value is -0.610. The lowest BCUT2D eigenvalue weighted by atomic mass is 9.93. The minimum Gasteiger partial charge on any atom is -0.480 e. The predicted octanol–water partition coefficient (Wildman–Crippen LogP) is 2.62. The molecule has 1 saturated heterocycles. The SMILES string of the molecule is CC1CCCC(C)N1CCCC(C)(NC1CC1)C(=O)O. The van der Waals surface area contributed by atoms with Crippen molar-refractivity contribution in [3.8, 4) is 0 Å². The highest BCUT2D eigenvalue weighted by atomic mass is 16.4. The molecule has 20 heavy (non-hydrogen) atoms. The zero-order valence-electron chi connectivity index (χ0n) is 13.2. The quantitative estimate of drug-likeness (QED) is 0.753. The number of nitrogens with one attached hydrogen (secondary N) is 1. The van der Waals surface area contributed by atoms with Gasteiger partial charge in [-0.15, -0.1) is 0 Å². The molecule has 0 radical (unpaired) electrons. The van der Waals surface area contributed by atoms with Crippen molar-refractivity contribution in [2.24, 2.45) is 0 Å². The summed E-state index contributed by atoms with van der Waals surface area (Å²) < 4.78 is 0. The van der Waals surface area contributed by atoms with E-state index in [1.807, 2.05) is 6.92 Å². The fraction of sp³-hybridized carbons (Fsp3) is 0.938. The average Bonchev–Trinajstić information content (AvgIpc) is 3.16. The van der Waals surface area contributed by atoms with Crippen molar-refractivity contribution in [3.63, 3.8) is 0 Å². The van der Waals surface area contributed by atoms with Crippen LogP contribution in [0.4, 0.5) is 0 Å². The molecule has 2 aliphatic rings. The number of carboxylic acids is 1. The highest BCUT2D eigenvalue weighted by Gasteiger charge is 2.38. The Morgan fingerprint density at radius 3 is 2.35 bits per heavy atom. The third-order valence-corrected chi connectivity index (χ3v) is 5.04. The summed E-state index contributed by atoms with van der Waals surface area (Å²) in [6.45, 7) is 7.47. The number of carbonyl (C=O) groups is 1. The normalized spacial score (nSPS) is 30.9. The van der Waals surface area contributed by atoms with Gasteiger partial charge in [0, 0.05) is 18.1 Å². The molecule has 0 aromatic carbocycles. The molecule has 0 bridgehead atoms. The van der Waals surface area contributed by atoms with E-state index in [1.54, 1.807) is 0 Å². The highest BCUT2D eigenvalue weighted by molar-refractivity contribution is 5.78. The lowest BCUT2D eigenvalue weighted by molar-refractivity contribution is -0.144. The van der Waals surface area contributed by atoms with E-state index < -0.39 is 11.5 Å². The summed E-state index contributed by atoms with van der Waals surface area (Å²) in [4.78, 5) is 14.1. The molecule has 1 saturated carbocycles. The molecule has 3 atom stereocenters. The van der Waals surface area contributed by atoms with E-state index in [0.29, 0.717) is 18.1 Å². The highest BCUT2D eigenvalue weighted by Crippen LogP contribution is 2.27. The third kappa shape index (κ3) is 3.95. The second kappa shape index (κ2) is 6.44. The molecule has 1 aliphatic carbocycles. The molecule has 116 valence electrons. The first-order valence-electron chi connectivity index (χ1n) is 8.19. The maximum absolute atomic E-state index is 11.5. The molecule has 0 spiro atoms. The van der Waals surface area contributed by atoms with Crippen LogP contribution in [0.3, 0.4) is 0 Å². The third-order valence-electron chi connectivity index (χ3n) is 5.04. The molecular weight excluding hydrogens is 252 g/mol. The Morgan fingerprint density at radius 2 is 1.85 bits per heavy atom. The zero-order valence-corrected chi connectivity index (χ0v) is 13.2. The summed E-state index contributed by atoms with van der Waals surface area (Å²) in [5.74, 6) is -0.704. The number of nitrogens with zero attached hydrogens (tertiary/aromatic N) is 1. The van der Waals surface area contributed by atoms with E-state index in [9.17, 15) is 9.90 Å². The predicted molar refractivity (Wildman–Crippen MR) is 80.9 cm³/mol. The largest absolute Gasteiger partial charge is 0.480 e. The monoisotopic (exact) mass is 282 g/mol. The van der Waals surface area contributed by atoms with Gasteiger partial charge in [0.15, 0.2) is 0 Å². The molecule has 1 heterocycles. The van der Waals surface area contributed by atoms with Crippen LogP contribution in [-0.2, 0) is 4.79 Å². The van der Waals surface area contributed by atoms with Crippen LogP contribution in [0.15, 0.2) is 0 Å². The van der Waals surface area contributed by atoms with Crippen molar-refractivity contribution in [2.75, 3.05) is 6.54 Å². The molecule has 0 aromatic heterocycles. The van der Waals surface area contributed by atoms with Crippen LogP contribution in [0.2, 0.25) is 0 Å². The van der Waals surface area contributed by atoms with Gasteiger partial charge in [0.2, 0.25) is 0 Å². The van der Waals surface area contributed by atoms with Crippen molar-refractivity contribution in [1.29, 1.82) is 0 Å². The van der Waals surface area contributed by atoms with Gasteiger partial charge in [-0.05, 0) is 65.8 Å². The number of hydrogen-bond acceptors (Lipinski definition) is 3. The van der Waals surface area contributed by atoms with Crippen LogP contribution in [0.5, 0.6) is 0 Å². The average molecular weight is 282 g/mol. The van der Waals surface area contributed by atoms with E-state index in [2.05, 4.69) is 24.1 Å². The fourth-order valence-corrected chi connectivity index (χ4v) is 3.45. The summed E-state index contributed by atoms with van der Waals surface area (Å²) in [5, 5.41) is 12.8. The van der Waals surface area contributed by atoms with Crippen LogP contribution < -0.4 is 5.32 Å². The maximum atomic E-state index is 11.5. The van der Waals surface area contributed by atoms with Crippen LogP contribution in [-0.4, -0.2) is 46.2 Å². The molecule has 4 nitrogen and oxygen atoms in total. The minimum absolute atomic E-state index is 0.434. The van der Waals surface area contributed by atoms with Gasteiger partial charge in [-0.2, -0.15) is 0 Å². The van der Waals surface area contributed by atoms with Crippen molar-refractivity contribution in [1.82, 2.24) is 10.2 Å². The first-order chi connectivity index (χ1) is 9.42. The standard InChI is InChI=1S/C16H30N2O2/c1-12-6-4-7-13(2)18(12)11-5-10-16(3,15(19)20)17-14-8-9-14/h12-14,17H,4-11H2,1-3H3,(H,19,20). The molecular formula is C16H30N2O2. The summed E-state index contributed by atoms with van der Waals surface area (Å²) in [6.07, 6.45) is 7.81. The van der Waals surface area contributed by atoms with Crippen molar-refractivity contribution >= 4 is 5.97 Å². The minimum atomic E-state index is -0.747. The van der Waals surface area contributed by atoms with Crippen molar-refractivity contribution in [3.05, 3.63) is 0 Å². The van der Waals surface area contributed by atoms with Crippen LogP contribution in [0.1, 0.15) is 65.7 Å². The maximum Gasteiger partial charge on any atom is 0.323 e. The Balaban J connectivity index is 1.81. The van der Waals surface area contributed by atoms with E-state index in [1.165, 1.54) is 19.3 Å². The molecule has 0 amide bonds. The summed E-state index contributed by atoms with van der Waals surface area (Å²) in [6, 6.07) is 1.72. The topological polar surface area (TPSA) is 52.6 Å². The van der Waals surface area contributed by atoms with Gasteiger partial charge in [-0.25, -0.2) is 0 Å². The number of piperidine rings is 1. The molecule has 0 aromatic rings. The zero-order chi connectivity index (χ0) is 14.8. The smallest absolute Gasteiger partial charge is 0.323 e. The molecule has 3 unspecified atom stereocenters. The Bertz CT molecular complexity index is 333. The molecule has 2 fully saturated rings.